The Morgan fingerprint density at radius 3 is 2.63 bits per heavy atom. The van der Waals surface area contributed by atoms with Gasteiger partial charge in [-0.1, -0.05) is 18.7 Å². The molecule has 0 saturated heterocycles. The zero-order valence-corrected chi connectivity index (χ0v) is 14.1. The third-order valence-electron chi connectivity index (χ3n) is 2.93. The summed E-state index contributed by atoms with van der Waals surface area (Å²) in [5, 5.41) is 5.58. The molecule has 2 heterocycles. The van der Waals surface area contributed by atoms with E-state index in [2.05, 4.69) is 52.0 Å². The van der Waals surface area contributed by atoms with Crippen molar-refractivity contribution in [3.05, 3.63) is 39.3 Å². The van der Waals surface area contributed by atoms with Crippen LogP contribution in [0.3, 0.4) is 0 Å². The lowest BCUT2D eigenvalue weighted by atomic mass is 10.3. The van der Waals surface area contributed by atoms with Gasteiger partial charge in [0, 0.05) is 18.5 Å². The first kappa shape index (κ1) is 14.6. The first-order chi connectivity index (χ1) is 9.01. The molecule has 0 aliphatic rings. The SMILES string of the molecule is CCc1nn(C)c(CSc2cc(C)cc(C)n2)c1Br. The molecule has 2 rings (SSSR count). The van der Waals surface area contributed by atoms with Gasteiger partial charge in [0.2, 0.25) is 0 Å². The van der Waals surface area contributed by atoms with E-state index in [0.29, 0.717) is 0 Å². The van der Waals surface area contributed by atoms with Crippen LogP contribution in [-0.4, -0.2) is 14.8 Å². The Morgan fingerprint density at radius 1 is 1.32 bits per heavy atom. The molecule has 0 aliphatic heterocycles. The van der Waals surface area contributed by atoms with E-state index in [1.165, 1.54) is 11.3 Å². The molecule has 19 heavy (non-hydrogen) atoms. The quantitative estimate of drug-likeness (QED) is 0.787. The van der Waals surface area contributed by atoms with E-state index in [-0.39, 0.29) is 0 Å². The lowest BCUT2D eigenvalue weighted by Crippen LogP contribution is -1.97. The van der Waals surface area contributed by atoms with E-state index in [1.807, 2.05) is 18.7 Å². The van der Waals surface area contributed by atoms with Crippen LogP contribution in [0.25, 0.3) is 0 Å². The van der Waals surface area contributed by atoms with Gasteiger partial charge in [-0.3, -0.25) is 4.68 Å². The second-order valence-electron chi connectivity index (χ2n) is 4.60. The van der Waals surface area contributed by atoms with Crippen LogP contribution in [0, 0.1) is 13.8 Å². The summed E-state index contributed by atoms with van der Waals surface area (Å²) >= 11 is 5.40. The van der Waals surface area contributed by atoms with Crippen LogP contribution < -0.4 is 0 Å². The molecule has 0 saturated carbocycles. The summed E-state index contributed by atoms with van der Waals surface area (Å²) in [4.78, 5) is 4.55. The highest BCUT2D eigenvalue weighted by Crippen LogP contribution is 2.28. The summed E-state index contributed by atoms with van der Waals surface area (Å²) in [5.41, 5.74) is 4.66. The molecular weight excluding hydrogens is 322 g/mol. The van der Waals surface area contributed by atoms with Gasteiger partial charge in [-0.15, -0.1) is 0 Å². The van der Waals surface area contributed by atoms with Crippen LogP contribution in [0.4, 0.5) is 0 Å². The smallest absolute Gasteiger partial charge is 0.0969 e. The summed E-state index contributed by atoms with van der Waals surface area (Å²) in [7, 11) is 1.99. The van der Waals surface area contributed by atoms with Gasteiger partial charge in [0.1, 0.15) is 0 Å². The molecule has 3 nitrogen and oxygen atoms in total. The Bertz CT molecular complexity index is 572. The van der Waals surface area contributed by atoms with Gasteiger partial charge in [0.25, 0.3) is 0 Å². The summed E-state index contributed by atoms with van der Waals surface area (Å²) in [6.07, 6.45) is 0.945. The van der Waals surface area contributed by atoms with Gasteiger partial charge in [0.05, 0.1) is 20.9 Å². The zero-order chi connectivity index (χ0) is 14.0. The average molecular weight is 340 g/mol. The maximum Gasteiger partial charge on any atom is 0.0969 e. The number of halogens is 1. The van der Waals surface area contributed by atoms with E-state index < -0.39 is 0 Å². The summed E-state index contributed by atoms with van der Waals surface area (Å²) in [6.45, 7) is 6.26. The highest BCUT2D eigenvalue weighted by Gasteiger charge is 2.13. The summed E-state index contributed by atoms with van der Waals surface area (Å²) in [5.74, 6) is 0.875. The molecule has 2 aromatic rings. The Hall–Kier alpha value is -0.810. The Labute approximate surface area is 126 Å². The van der Waals surface area contributed by atoms with Crippen molar-refractivity contribution in [3.63, 3.8) is 0 Å². The molecule has 0 atom stereocenters. The fourth-order valence-corrected chi connectivity index (χ4v) is 4.03. The molecule has 2 aromatic heterocycles. The molecule has 0 aliphatic carbocycles. The van der Waals surface area contributed by atoms with E-state index in [4.69, 9.17) is 0 Å². The van der Waals surface area contributed by atoms with Gasteiger partial charge in [-0.2, -0.15) is 5.10 Å². The summed E-state index contributed by atoms with van der Waals surface area (Å²) < 4.78 is 3.09. The number of hydrogen-bond donors (Lipinski definition) is 0. The zero-order valence-electron chi connectivity index (χ0n) is 11.7. The Balaban J connectivity index is 2.16. The first-order valence-corrected chi connectivity index (χ1v) is 8.07. The number of nitrogens with zero attached hydrogens (tertiary/aromatic N) is 3. The predicted molar refractivity (Wildman–Crippen MR) is 83.6 cm³/mol. The normalized spacial score (nSPS) is 11.0. The molecule has 102 valence electrons. The third kappa shape index (κ3) is 3.39. The third-order valence-corrected chi connectivity index (χ3v) is 4.77. The van der Waals surface area contributed by atoms with Gasteiger partial charge in [0.15, 0.2) is 0 Å². The van der Waals surface area contributed by atoms with Crippen molar-refractivity contribution < 1.29 is 0 Å². The summed E-state index contributed by atoms with van der Waals surface area (Å²) in [6, 6.07) is 4.22. The molecule has 0 unspecified atom stereocenters. The molecular formula is C14H18BrN3S. The number of pyridine rings is 1. The van der Waals surface area contributed by atoms with Crippen LogP contribution in [0.1, 0.15) is 29.6 Å². The minimum atomic E-state index is 0.875. The van der Waals surface area contributed by atoms with Crippen molar-refractivity contribution in [2.45, 2.75) is 38.0 Å². The number of aryl methyl sites for hydroxylation is 4. The fourth-order valence-electron chi connectivity index (χ4n) is 2.00. The fraction of sp³-hybridized carbons (Fsp3) is 0.429. The Kier molecular flexibility index (Phi) is 4.68. The molecule has 0 bridgehead atoms. The molecule has 0 fully saturated rings. The maximum absolute atomic E-state index is 4.55. The Morgan fingerprint density at radius 2 is 2.05 bits per heavy atom. The maximum atomic E-state index is 4.55. The average Bonchev–Trinajstić information content (AvgIpc) is 2.61. The first-order valence-electron chi connectivity index (χ1n) is 6.29. The molecule has 0 aromatic carbocycles. The lowest BCUT2D eigenvalue weighted by molar-refractivity contribution is 0.719. The minimum Gasteiger partial charge on any atom is -0.270 e. The van der Waals surface area contributed by atoms with Crippen LogP contribution in [0.15, 0.2) is 21.6 Å². The standard InChI is InChI=1S/C14H18BrN3S/c1-5-11-14(15)12(18(4)17-11)8-19-13-7-9(2)6-10(3)16-13/h6-7H,5,8H2,1-4H3. The monoisotopic (exact) mass is 339 g/mol. The van der Waals surface area contributed by atoms with Crippen molar-refractivity contribution in [3.8, 4) is 0 Å². The van der Waals surface area contributed by atoms with E-state index >= 15 is 0 Å². The van der Waals surface area contributed by atoms with Crippen LogP contribution in [0.5, 0.6) is 0 Å². The van der Waals surface area contributed by atoms with Crippen molar-refractivity contribution in [2.24, 2.45) is 7.05 Å². The molecule has 0 N–H and O–H groups in total. The van der Waals surface area contributed by atoms with Gasteiger partial charge in [-0.25, -0.2) is 4.98 Å². The highest BCUT2D eigenvalue weighted by molar-refractivity contribution is 9.10. The molecule has 0 radical (unpaired) electrons. The minimum absolute atomic E-state index is 0.875. The van der Waals surface area contributed by atoms with Gasteiger partial charge >= 0.3 is 0 Å². The van der Waals surface area contributed by atoms with Crippen LogP contribution >= 0.6 is 27.7 Å². The van der Waals surface area contributed by atoms with Crippen molar-refractivity contribution in [1.82, 2.24) is 14.8 Å². The van der Waals surface area contributed by atoms with Crippen LogP contribution in [-0.2, 0) is 19.2 Å². The highest BCUT2D eigenvalue weighted by atomic mass is 79.9. The van der Waals surface area contributed by atoms with E-state index in [9.17, 15) is 0 Å². The number of thioether (sulfide) groups is 1. The largest absolute Gasteiger partial charge is 0.270 e. The van der Waals surface area contributed by atoms with Crippen molar-refractivity contribution in [2.75, 3.05) is 0 Å². The lowest BCUT2D eigenvalue weighted by Gasteiger charge is -2.05. The second-order valence-corrected chi connectivity index (χ2v) is 6.39. The number of aromatic nitrogens is 3. The predicted octanol–water partition coefficient (Wildman–Crippen LogP) is 4.05. The molecule has 0 amide bonds. The van der Waals surface area contributed by atoms with Crippen molar-refractivity contribution in [1.29, 1.82) is 0 Å². The molecule has 0 spiro atoms. The number of hydrogen-bond acceptors (Lipinski definition) is 3. The molecule has 5 heteroatoms. The van der Waals surface area contributed by atoms with E-state index in [0.717, 1.165) is 33.1 Å². The van der Waals surface area contributed by atoms with E-state index in [1.54, 1.807) is 11.8 Å². The topological polar surface area (TPSA) is 30.7 Å². The van der Waals surface area contributed by atoms with Crippen molar-refractivity contribution >= 4 is 27.7 Å². The van der Waals surface area contributed by atoms with Crippen LogP contribution in [0.2, 0.25) is 0 Å². The number of rotatable bonds is 4. The second kappa shape index (κ2) is 6.09. The van der Waals surface area contributed by atoms with Gasteiger partial charge in [-0.05, 0) is 53.9 Å². The van der Waals surface area contributed by atoms with Gasteiger partial charge < -0.3 is 0 Å².